The van der Waals surface area contributed by atoms with Crippen LogP contribution >= 0.6 is 0 Å². The fourth-order valence-electron chi connectivity index (χ4n) is 1.87. The number of carbonyl (C=O) groups is 1. The first-order chi connectivity index (χ1) is 9.78. The van der Waals surface area contributed by atoms with Crippen LogP contribution in [0.3, 0.4) is 0 Å². The molecule has 1 amide bonds. The van der Waals surface area contributed by atoms with Gasteiger partial charge in [-0.15, -0.1) is 10.2 Å². The Balaban J connectivity index is 1.73. The van der Waals surface area contributed by atoms with E-state index in [9.17, 15) is 4.79 Å². The van der Waals surface area contributed by atoms with E-state index >= 15 is 0 Å². The van der Waals surface area contributed by atoms with Crippen molar-refractivity contribution >= 4 is 16.9 Å². The molecule has 0 saturated heterocycles. The van der Waals surface area contributed by atoms with E-state index in [4.69, 9.17) is 5.84 Å². The van der Waals surface area contributed by atoms with Crippen LogP contribution in [-0.2, 0) is 13.1 Å². The Hall–Kier alpha value is -2.81. The Kier molecular flexibility index (Phi) is 3.09. The number of aromatic nitrogens is 6. The first-order valence-corrected chi connectivity index (χ1v) is 5.97. The van der Waals surface area contributed by atoms with Crippen LogP contribution in [0.4, 0.5) is 0 Å². The molecule has 0 radical (unpaired) electrons. The second-order valence-electron chi connectivity index (χ2n) is 4.14. The molecule has 3 rings (SSSR count). The van der Waals surface area contributed by atoms with Crippen molar-refractivity contribution in [3.8, 4) is 0 Å². The molecule has 0 aliphatic heterocycles. The molecule has 0 bridgehead atoms. The monoisotopic (exact) mass is 272 g/mol. The molecule has 0 saturated carbocycles. The van der Waals surface area contributed by atoms with E-state index in [0.29, 0.717) is 13.1 Å². The Morgan fingerprint density at radius 3 is 2.90 bits per heavy atom. The number of aryl methyl sites for hydroxylation is 2. The van der Waals surface area contributed by atoms with Gasteiger partial charge in [0.1, 0.15) is 5.52 Å². The van der Waals surface area contributed by atoms with Crippen LogP contribution in [0.15, 0.2) is 30.5 Å². The fraction of sp³-hybridized carbons (Fsp3) is 0.182. The second-order valence-corrected chi connectivity index (χ2v) is 4.14. The van der Waals surface area contributed by atoms with Gasteiger partial charge in [0.15, 0.2) is 5.69 Å². The smallest absolute Gasteiger partial charge is 0.287 e. The van der Waals surface area contributed by atoms with Crippen LogP contribution < -0.4 is 11.3 Å². The molecule has 2 aromatic heterocycles. The van der Waals surface area contributed by atoms with E-state index < -0.39 is 5.91 Å². The SMILES string of the molecule is NNC(=O)c1cn(CCn2nnc3ccccc32)nn1. The highest BCUT2D eigenvalue weighted by Crippen LogP contribution is 2.09. The lowest BCUT2D eigenvalue weighted by Crippen LogP contribution is -2.30. The summed E-state index contributed by atoms with van der Waals surface area (Å²) in [6.07, 6.45) is 1.53. The molecule has 2 heterocycles. The minimum absolute atomic E-state index is 0.177. The molecule has 0 unspecified atom stereocenters. The van der Waals surface area contributed by atoms with Gasteiger partial charge in [-0.2, -0.15) is 0 Å². The minimum atomic E-state index is -0.470. The summed E-state index contributed by atoms with van der Waals surface area (Å²) < 4.78 is 3.33. The number of amides is 1. The number of nitrogens with two attached hydrogens (primary N) is 1. The Labute approximate surface area is 113 Å². The van der Waals surface area contributed by atoms with Crippen LogP contribution in [0, 0.1) is 0 Å². The lowest BCUT2D eigenvalue weighted by molar-refractivity contribution is 0.0948. The molecule has 9 nitrogen and oxygen atoms in total. The summed E-state index contributed by atoms with van der Waals surface area (Å²) in [5, 5.41) is 15.7. The molecule has 102 valence electrons. The molecule has 0 aliphatic rings. The Morgan fingerprint density at radius 1 is 1.20 bits per heavy atom. The van der Waals surface area contributed by atoms with Gasteiger partial charge in [-0.1, -0.05) is 22.6 Å². The van der Waals surface area contributed by atoms with E-state index in [-0.39, 0.29) is 5.69 Å². The topological polar surface area (TPSA) is 117 Å². The summed E-state index contributed by atoms with van der Waals surface area (Å²) in [6, 6.07) is 7.69. The van der Waals surface area contributed by atoms with Crippen molar-refractivity contribution in [2.24, 2.45) is 5.84 Å². The highest BCUT2D eigenvalue weighted by molar-refractivity contribution is 5.91. The maximum atomic E-state index is 11.3. The predicted octanol–water partition coefficient (Wildman–Crippen LogP) is -0.673. The third-order valence-corrected chi connectivity index (χ3v) is 2.86. The standard InChI is InChI=1S/C11H12N8O/c12-13-11(20)9-7-18(16-15-9)5-6-19-10-4-2-1-3-8(10)14-17-19/h1-4,7H,5-6,12H2,(H,13,20). The minimum Gasteiger partial charge on any atom is -0.289 e. The molecule has 9 heteroatoms. The number of nitrogen functional groups attached to an aromatic ring is 1. The quantitative estimate of drug-likeness (QED) is 0.369. The number of benzene rings is 1. The second kappa shape index (κ2) is 5.05. The predicted molar refractivity (Wildman–Crippen MR) is 69.2 cm³/mol. The number of fused-ring (bicyclic) bond motifs is 1. The van der Waals surface area contributed by atoms with E-state index in [1.807, 2.05) is 29.7 Å². The number of rotatable bonds is 4. The highest BCUT2D eigenvalue weighted by Gasteiger charge is 2.09. The summed E-state index contributed by atoms with van der Waals surface area (Å²) in [7, 11) is 0. The van der Waals surface area contributed by atoms with Crippen LogP contribution in [0.2, 0.25) is 0 Å². The first-order valence-electron chi connectivity index (χ1n) is 5.97. The molecule has 1 aromatic carbocycles. The van der Waals surface area contributed by atoms with Gasteiger partial charge in [-0.3, -0.25) is 10.2 Å². The van der Waals surface area contributed by atoms with E-state index in [1.165, 1.54) is 6.20 Å². The zero-order valence-corrected chi connectivity index (χ0v) is 10.5. The van der Waals surface area contributed by atoms with Gasteiger partial charge in [0, 0.05) is 0 Å². The number of hydrogen-bond acceptors (Lipinski definition) is 6. The zero-order chi connectivity index (χ0) is 13.9. The molecule has 20 heavy (non-hydrogen) atoms. The van der Waals surface area contributed by atoms with Gasteiger partial charge in [0.2, 0.25) is 0 Å². The fourth-order valence-corrected chi connectivity index (χ4v) is 1.87. The van der Waals surface area contributed by atoms with E-state index in [2.05, 4.69) is 20.6 Å². The van der Waals surface area contributed by atoms with Crippen LogP contribution in [-0.4, -0.2) is 35.9 Å². The summed E-state index contributed by atoms with van der Waals surface area (Å²) in [4.78, 5) is 11.3. The van der Waals surface area contributed by atoms with Crippen LogP contribution in [0.1, 0.15) is 10.5 Å². The van der Waals surface area contributed by atoms with Crippen LogP contribution in [0.5, 0.6) is 0 Å². The van der Waals surface area contributed by atoms with Gasteiger partial charge in [-0.05, 0) is 12.1 Å². The van der Waals surface area contributed by atoms with Gasteiger partial charge in [0.25, 0.3) is 5.91 Å². The Bertz CT molecular complexity index is 746. The number of nitrogens with zero attached hydrogens (tertiary/aromatic N) is 6. The number of hydrazine groups is 1. The number of hydrogen-bond donors (Lipinski definition) is 2. The van der Waals surface area contributed by atoms with Gasteiger partial charge >= 0.3 is 0 Å². The number of carbonyl (C=O) groups excluding carboxylic acids is 1. The average molecular weight is 272 g/mol. The van der Waals surface area contributed by atoms with Gasteiger partial charge in [-0.25, -0.2) is 15.2 Å². The number of nitrogens with one attached hydrogen (secondary N) is 1. The van der Waals surface area contributed by atoms with Crippen molar-refractivity contribution in [3.63, 3.8) is 0 Å². The third-order valence-electron chi connectivity index (χ3n) is 2.86. The van der Waals surface area contributed by atoms with Crippen molar-refractivity contribution in [1.82, 2.24) is 35.4 Å². The van der Waals surface area contributed by atoms with Crippen LogP contribution in [0.25, 0.3) is 11.0 Å². The molecule has 0 atom stereocenters. The maximum Gasteiger partial charge on any atom is 0.287 e. The molecule has 0 aliphatic carbocycles. The van der Waals surface area contributed by atoms with Gasteiger partial charge in [0.05, 0.1) is 24.8 Å². The third kappa shape index (κ3) is 2.21. The van der Waals surface area contributed by atoms with Crippen molar-refractivity contribution < 1.29 is 4.79 Å². The summed E-state index contributed by atoms with van der Waals surface area (Å²) in [5.41, 5.74) is 3.98. The van der Waals surface area contributed by atoms with Crippen molar-refractivity contribution in [1.29, 1.82) is 0 Å². The number of para-hydroxylation sites is 1. The average Bonchev–Trinajstić information content (AvgIpc) is 3.11. The highest BCUT2D eigenvalue weighted by atomic mass is 16.2. The summed E-state index contributed by atoms with van der Waals surface area (Å²) in [6.45, 7) is 1.10. The summed E-state index contributed by atoms with van der Waals surface area (Å²) >= 11 is 0. The zero-order valence-electron chi connectivity index (χ0n) is 10.5. The Morgan fingerprint density at radius 2 is 2.05 bits per heavy atom. The largest absolute Gasteiger partial charge is 0.289 e. The normalized spacial score (nSPS) is 10.8. The molecule has 3 N–H and O–H groups in total. The molecule has 0 fully saturated rings. The van der Waals surface area contributed by atoms with E-state index in [0.717, 1.165) is 11.0 Å². The molecular formula is C11H12N8O. The summed E-state index contributed by atoms with van der Waals surface area (Å²) in [5.74, 6) is 4.56. The van der Waals surface area contributed by atoms with E-state index in [1.54, 1.807) is 9.36 Å². The molecule has 0 spiro atoms. The van der Waals surface area contributed by atoms with Crippen molar-refractivity contribution in [2.45, 2.75) is 13.1 Å². The lowest BCUT2D eigenvalue weighted by atomic mass is 10.3. The van der Waals surface area contributed by atoms with Crippen molar-refractivity contribution in [2.75, 3.05) is 0 Å². The van der Waals surface area contributed by atoms with Gasteiger partial charge < -0.3 is 0 Å². The maximum absolute atomic E-state index is 11.3. The first kappa shape index (κ1) is 12.2. The van der Waals surface area contributed by atoms with Crippen molar-refractivity contribution in [3.05, 3.63) is 36.2 Å². The molecular weight excluding hydrogens is 260 g/mol. The molecule has 3 aromatic rings. The lowest BCUT2D eigenvalue weighted by Gasteiger charge is -2.01.